The number of carbonyl (C=O) groups excluding carboxylic acids is 1. The van der Waals surface area contributed by atoms with Gasteiger partial charge >= 0.3 is 0 Å². The predicted molar refractivity (Wildman–Crippen MR) is 93.7 cm³/mol. The molecule has 0 aliphatic carbocycles. The molecule has 1 heterocycles. The van der Waals surface area contributed by atoms with Crippen molar-refractivity contribution in [3.8, 4) is 11.3 Å². The van der Waals surface area contributed by atoms with Crippen LogP contribution in [0.1, 0.15) is 16.8 Å². The van der Waals surface area contributed by atoms with Gasteiger partial charge in [0.05, 0.1) is 13.0 Å². The second-order valence-electron chi connectivity index (χ2n) is 5.59. The first-order valence-electron chi connectivity index (χ1n) is 7.64. The maximum absolute atomic E-state index is 12.0. The Morgan fingerprint density at radius 3 is 2.67 bits per heavy atom. The van der Waals surface area contributed by atoms with Crippen molar-refractivity contribution in [3.63, 3.8) is 0 Å². The number of rotatable bonds is 5. The Hall–Kier alpha value is -2.59. The van der Waals surface area contributed by atoms with Crippen LogP contribution in [0.15, 0.2) is 59.1 Å². The fourth-order valence-electron chi connectivity index (χ4n) is 2.32. The molecule has 0 spiro atoms. The first-order valence-corrected chi connectivity index (χ1v) is 8.02. The lowest BCUT2D eigenvalue weighted by Gasteiger charge is -2.04. The number of nitrogens with zero attached hydrogens (tertiary/aromatic N) is 1. The Labute approximate surface area is 145 Å². The van der Waals surface area contributed by atoms with E-state index in [9.17, 15) is 4.79 Å². The monoisotopic (exact) mass is 340 g/mol. The molecule has 0 fully saturated rings. The molecule has 5 heteroatoms. The minimum atomic E-state index is -0.108. The van der Waals surface area contributed by atoms with Crippen molar-refractivity contribution in [2.24, 2.45) is 0 Å². The average Bonchev–Trinajstić information content (AvgIpc) is 3.05. The van der Waals surface area contributed by atoms with Crippen LogP contribution < -0.4 is 5.32 Å². The van der Waals surface area contributed by atoms with Crippen LogP contribution in [-0.4, -0.2) is 11.1 Å². The molecule has 0 saturated heterocycles. The smallest absolute Gasteiger partial charge is 0.224 e. The molecule has 4 nitrogen and oxygen atoms in total. The van der Waals surface area contributed by atoms with E-state index in [2.05, 4.69) is 10.5 Å². The number of hydrogen-bond donors (Lipinski definition) is 1. The van der Waals surface area contributed by atoms with Gasteiger partial charge in [0, 0.05) is 16.7 Å². The quantitative estimate of drug-likeness (QED) is 0.758. The molecule has 0 bridgehead atoms. The molecular formula is C19H17ClN2O2. The zero-order chi connectivity index (χ0) is 16.9. The van der Waals surface area contributed by atoms with Gasteiger partial charge in [0.1, 0.15) is 5.69 Å². The molecule has 0 unspecified atom stereocenters. The van der Waals surface area contributed by atoms with Gasteiger partial charge in [-0.15, -0.1) is 0 Å². The summed E-state index contributed by atoms with van der Waals surface area (Å²) in [5.41, 5.74) is 3.63. The number of amides is 1. The third-order valence-corrected chi connectivity index (χ3v) is 4.04. The van der Waals surface area contributed by atoms with Gasteiger partial charge in [-0.1, -0.05) is 64.8 Å². The van der Waals surface area contributed by atoms with Crippen molar-refractivity contribution in [3.05, 3.63) is 76.4 Å². The number of nitrogens with one attached hydrogen (secondary N) is 1. The van der Waals surface area contributed by atoms with E-state index in [1.807, 2.05) is 55.5 Å². The van der Waals surface area contributed by atoms with E-state index in [4.69, 9.17) is 16.1 Å². The second-order valence-corrected chi connectivity index (χ2v) is 6.00. The average molecular weight is 341 g/mol. The highest BCUT2D eigenvalue weighted by molar-refractivity contribution is 6.31. The summed E-state index contributed by atoms with van der Waals surface area (Å²) in [5.74, 6) is 0.577. The lowest BCUT2D eigenvalue weighted by atomic mass is 10.1. The molecule has 0 radical (unpaired) electrons. The van der Waals surface area contributed by atoms with E-state index < -0.39 is 0 Å². The fourth-order valence-corrected chi connectivity index (χ4v) is 2.52. The molecule has 1 amide bonds. The van der Waals surface area contributed by atoms with Gasteiger partial charge in [-0.25, -0.2) is 0 Å². The highest BCUT2D eigenvalue weighted by atomic mass is 35.5. The highest BCUT2D eigenvalue weighted by Crippen LogP contribution is 2.20. The molecule has 0 aliphatic heterocycles. The van der Waals surface area contributed by atoms with Crippen LogP contribution in [0, 0.1) is 6.92 Å². The molecule has 1 N–H and O–H groups in total. The van der Waals surface area contributed by atoms with Crippen molar-refractivity contribution in [2.75, 3.05) is 0 Å². The zero-order valence-electron chi connectivity index (χ0n) is 13.3. The molecule has 2 aromatic carbocycles. The van der Waals surface area contributed by atoms with Crippen molar-refractivity contribution in [1.82, 2.24) is 10.5 Å². The molecule has 0 saturated carbocycles. The van der Waals surface area contributed by atoms with Gasteiger partial charge in [-0.3, -0.25) is 4.79 Å². The standard InChI is InChI=1S/C19H17ClN2O2/c1-13-6-8-14(9-7-13)18-11-16(22-24-18)12-21-19(23)10-15-4-2-3-5-17(15)20/h2-9,11H,10,12H2,1H3,(H,21,23). The molecule has 3 rings (SSSR count). The number of carbonyl (C=O) groups is 1. The van der Waals surface area contributed by atoms with E-state index in [0.717, 1.165) is 11.1 Å². The third kappa shape index (κ3) is 4.03. The van der Waals surface area contributed by atoms with Crippen LogP contribution in [0.3, 0.4) is 0 Å². The Morgan fingerprint density at radius 1 is 1.17 bits per heavy atom. The first kappa shape index (κ1) is 16.3. The third-order valence-electron chi connectivity index (χ3n) is 3.67. The molecule has 122 valence electrons. The fraction of sp³-hybridized carbons (Fsp3) is 0.158. The van der Waals surface area contributed by atoms with Crippen LogP contribution in [-0.2, 0) is 17.8 Å². The van der Waals surface area contributed by atoms with Crippen molar-refractivity contribution >= 4 is 17.5 Å². The Kier molecular flexibility index (Phi) is 4.96. The molecule has 0 atom stereocenters. The molecule has 24 heavy (non-hydrogen) atoms. The maximum Gasteiger partial charge on any atom is 0.224 e. The van der Waals surface area contributed by atoms with Crippen LogP contribution >= 0.6 is 11.6 Å². The van der Waals surface area contributed by atoms with E-state index in [1.54, 1.807) is 6.07 Å². The molecule has 3 aromatic rings. The summed E-state index contributed by atoms with van der Waals surface area (Å²) in [6.45, 7) is 2.35. The van der Waals surface area contributed by atoms with Crippen LogP contribution in [0.5, 0.6) is 0 Å². The van der Waals surface area contributed by atoms with E-state index in [1.165, 1.54) is 5.56 Å². The lowest BCUT2D eigenvalue weighted by Crippen LogP contribution is -2.24. The zero-order valence-corrected chi connectivity index (χ0v) is 14.0. The summed E-state index contributed by atoms with van der Waals surface area (Å²) in [6.07, 6.45) is 0.238. The number of benzene rings is 2. The summed E-state index contributed by atoms with van der Waals surface area (Å²) in [7, 11) is 0. The summed E-state index contributed by atoms with van der Waals surface area (Å²) in [6, 6.07) is 17.1. The summed E-state index contributed by atoms with van der Waals surface area (Å²) < 4.78 is 5.34. The van der Waals surface area contributed by atoms with Gasteiger partial charge in [0.25, 0.3) is 0 Å². The highest BCUT2D eigenvalue weighted by Gasteiger charge is 2.10. The Balaban J connectivity index is 1.58. The molecule has 1 aromatic heterocycles. The van der Waals surface area contributed by atoms with Gasteiger partial charge in [0.15, 0.2) is 5.76 Å². The van der Waals surface area contributed by atoms with Crippen molar-refractivity contribution in [1.29, 1.82) is 0 Å². The summed E-state index contributed by atoms with van der Waals surface area (Å²) >= 11 is 6.06. The maximum atomic E-state index is 12.0. The van der Waals surface area contributed by atoms with Gasteiger partial charge in [0.2, 0.25) is 5.91 Å². The van der Waals surface area contributed by atoms with Crippen molar-refractivity contribution < 1.29 is 9.32 Å². The second kappa shape index (κ2) is 7.32. The lowest BCUT2D eigenvalue weighted by molar-refractivity contribution is -0.120. The van der Waals surface area contributed by atoms with E-state index in [0.29, 0.717) is 23.0 Å². The van der Waals surface area contributed by atoms with E-state index in [-0.39, 0.29) is 12.3 Å². The van der Waals surface area contributed by atoms with Crippen LogP contribution in [0.4, 0.5) is 0 Å². The number of hydrogen-bond acceptors (Lipinski definition) is 3. The van der Waals surface area contributed by atoms with Gasteiger partial charge in [-0.2, -0.15) is 0 Å². The first-order chi connectivity index (χ1) is 11.6. The summed E-state index contributed by atoms with van der Waals surface area (Å²) in [4.78, 5) is 12.0. The number of aryl methyl sites for hydroxylation is 1. The minimum absolute atomic E-state index is 0.108. The topological polar surface area (TPSA) is 55.1 Å². The Bertz CT molecular complexity index is 841. The van der Waals surface area contributed by atoms with Crippen LogP contribution in [0.25, 0.3) is 11.3 Å². The molecule has 0 aliphatic rings. The Morgan fingerprint density at radius 2 is 1.92 bits per heavy atom. The van der Waals surface area contributed by atoms with E-state index >= 15 is 0 Å². The number of aromatic nitrogens is 1. The minimum Gasteiger partial charge on any atom is -0.356 e. The largest absolute Gasteiger partial charge is 0.356 e. The van der Waals surface area contributed by atoms with Crippen LogP contribution in [0.2, 0.25) is 5.02 Å². The summed E-state index contributed by atoms with van der Waals surface area (Å²) in [5, 5.41) is 7.42. The SMILES string of the molecule is Cc1ccc(-c2cc(CNC(=O)Cc3ccccc3Cl)no2)cc1. The normalized spacial score (nSPS) is 10.6. The number of halogens is 1. The van der Waals surface area contributed by atoms with Crippen molar-refractivity contribution in [2.45, 2.75) is 19.9 Å². The predicted octanol–water partition coefficient (Wildman–Crippen LogP) is 4.16. The van der Waals surface area contributed by atoms with Gasteiger partial charge in [-0.05, 0) is 18.6 Å². The van der Waals surface area contributed by atoms with Gasteiger partial charge < -0.3 is 9.84 Å². The molecular weight excluding hydrogens is 324 g/mol.